The number of carboxylic acid groups (broad SMARTS) is 1. The highest BCUT2D eigenvalue weighted by Gasteiger charge is 2.20. The molecule has 78 valence electrons. The lowest BCUT2D eigenvalue weighted by Gasteiger charge is -2.09. The summed E-state index contributed by atoms with van der Waals surface area (Å²) in [5.74, 6) is -0.881. The van der Waals surface area contributed by atoms with E-state index in [1.165, 1.54) is 4.68 Å². The van der Waals surface area contributed by atoms with Crippen LogP contribution in [0.15, 0.2) is 24.3 Å². The van der Waals surface area contributed by atoms with Crippen LogP contribution < -0.4 is 0 Å². The SMILES string of the molecule is CCC(C(=O)O)n1nnc2ccccc21. The van der Waals surface area contributed by atoms with Crippen molar-refractivity contribution in [3.63, 3.8) is 0 Å². The number of hydrogen-bond acceptors (Lipinski definition) is 3. The smallest absolute Gasteiger partial charge is 0.328 e. The van der Waals surface area contributed by atoms with Crippen molar-refractivity contribution >= 4 is 17.0 Å². The van der Waals surface area contributed by atoms with Gasteiger partial charge in [-0.1, -0.05) is 24.3 Å². The van der Waals surface area contributed by atoms with E-state index in [0.717, 1.165) is 11.0 Å². The molecule has 0 radical (unpaired) electrons. The Morgan fingerprint density at radius 2 is 2.27 bits per heavy atom. The molecule has 0 aliphatic carbocycles. The van der Waals surface area contributed by atoms with E-state index in [0.29, 0.717) is 6.42 Å². The molecule has 5 heteroatoms. The second-order valence-corrected chi connectivity index (χ2v) is 3.29. The Bertz CT molecular complexity index is 492. The fourth-order valence-corrected chi connectivity index (χ4v) is 1.57. The van der Waals surface area contributed by atoms with E-state index in [1.54, 1.807) is 0 Å². The number of para-hydroxylation sites is 1. The Hall–Kier alpha value is -1.91. The standard InChI is InChI=1S/C10H11N3O2/c1-2-8(10(14)15)13-9-6-4-3-5-7(9)11-12-13/h3-6,8H,2H2,1H3,(H,14,15). The van der Waals surface area contributed by atoms with Crippen LogP contribution in [0.5, 0.6) is 0 Å². The lowest BCUT2D eigenvalue weighted by Crippen LogP contribution is -2.19. The molecule has 15 heavy (non-hydrogen) atoms. The van der Waals surface area contributed by atoms with Gasteiger partial charge in [-0.3, -0.25) is 0 Å². The van der Waals surface area contributed by atoms with Crippen molar-refractivity contribution in [3.05, 3.63) is 24.3 Å². The molecule has 0 fully saturated rings. The second-order valence-electron chi connectivity index (χ2n) is 3.29. The number of nitrogens with zero attached hydrogens (tertiary/aromatic N) is 3. The summed E-state index contributed by atoms with van der Waals surface area (Å²) in [7, 11) is 0. The van der Waals surface area contributed by atoms with E-state index >= 15 is 0 Å². The first-order valence-corrected chi connectivity index (χ1v) is 4.76. The van der Waals surface area contributed by atoms with Gasteiger partial charge in [-0.15, -0.1) is 5.10 Å². The van der Waals surface area contributed by atoms with Gasteiger partial charge in [0.05, 0.1) is 5.52 Å². The van der Waals surface area contributed by atoms with Crippen molar-refractivity contribution in [2.24, 2.45) is 0 Å². The Kier molecular flexibility index (Phi) is 2.37. The zero-order valence-electron chi connectivity index (χ0n) is 8.29. The van der Waals surface area contributed by atoms with Gasteiger partial charge in [-0.05, 0) is 18.6 Å². The van der Waals surface area contributed by atoms with Crippen LogP contribution in [-0.2, 0) is 4.79 Å². The summed E-state index contributed by atoms with van der Waals surface area (Å²) in [6, 6.07) is 6.69. The van der Waals surface area contributed by atoms with Gasteiger partial charge in [0, 0.05) is 0 Å². The van der Waals surface area contributed by atoms with Gasteiger partial charge >= 0.3 is 5.97 Å². The monoisotopic (exact) mass is 205 g/mol. The van der Waals surface area contributed by atoms with Crippen LogP contribution in [0.2, 0.25) is 0 Å². The summed E-state index contributed by atoms with van der Waals surface area (Å²) in [6.07, 6.45) is 0.489. The third-order valence-corrected chi connectivity index (χ3v) is 2.34. The van der Waals surface area contributed by atoms with Crippen LogP contribution in [0.4, 0.5) is 0 Å². The van der Waals surface area contributed by atoms with Gasteiger partial charge < -0.3 is 5.11 Å². The van der Waals surface area contributed by atoms with Crippen molar-refractivity contribution in [1.82, 2.24) is 15.0 Å². The molecule has 0 aliphatic rings. The van der Waals surface area contributed by atoms with Gasteiger partial charge in [-0.25, -0.2) is 9.48 Å². The number of rotatable bonds is 3. The Labute approximate surface area is 86.3 Å². The molecule has 2 aromatic rings. The predicted molar refractivity (Wildman–Crippen MR) is 54.5 cm³/mol. The molecular weight excluding hydrogens is 194 g/mol. The molecule has 1 N–H and O–H groups in total. The fourth-order valence-electron chi connectivity index (χ4n) is 1.57. The topological polar surface area (TPSA) is 68.0 Å². The van der Waals surface area contributed by atoms with Gasteiger partial charge in [0.15, 0.2) is 6.04 Å². The third-order valence-electron chi connectivity index (χ3n) is 2.34. The van der Waals surface area contributed by atoms with Crippen LogP contribution in [0, 0.1) is 0 Å². The van der Waals surface area contributed by atoms with E-state index in [9.17, 15) is 4.79 Å². The first kappa shape index (κ1) is 9.64. The molecule has 2 rings (SSSR count). The zero-order chi connectivity index (χ0) is 10.8. The van der Waals surface area contributed by atoms with Crippen LogP contribution >= 0.6 is 0 Å². The maximum absolute atomic E-state index is 11.0. The summed E-state index contributed by atoms with van der Waals surface area (Å²) >= 11 is 0. The number of hydrogen-bond donors (Lipinski definition) is 1. The Morgan fingerprint density at radius 3 is 2.93 bits per heavy atom. The van der Waals surface area contributed by atoms with Crippen LogP contribution in [0.3, 0.4) is 0 Å². The van der Waals surface area contributed by atoms with E-state index in [-0.39, 0.29) is 0 Å². The van der Waals surface area contributed by atoms with Gasteiger partial charge in [-0.2, -0.15) is 0 Å². The van der Waals surface area contributed by atoms with E-state index in [1.807, 2.05) is 31.2 Å². The van der Waals surface area contributed by atoms with Crippen LogP contribution in [-0.4, -0.2) is 26.1 Å². The number of benzene rings is 1. The first-order chi connectivity index (χ1) is 7.24. The summed E-state index contributed by atoms with van der Waals surface area (Å²) in [6.45, 7) is 1.81. The molecule has 1 unspecified atom stereocenters. The maximum Gasteiger partial charge on any atom is 0.328 e. The molecule has 1 atom stereocenters. The highest BCUT2D eigenvalue weighted by Crippen LogP contribution is 2.17. The van der Waals surface area contributed by atoms with Gasteiger partial charge in [0.25, 0.3) is 0 Å². The van der Waals surface area contributed by atoms with Crippen molar-refractivity contribution < 1.29 is 9.90 Å². The Balaban J connectivity index is 2.55. The first-order valence-electron chi connectivity index (χ1n) is 4.76. The largest absolute Gasteiger partial charge is 0.480 e. The summed E-state index contributed by atoms with van der Waals surface area (Å²) < 4.78 is 1.46. The van der Waals surface area contributed by atoms with Crippen molar-refractivity contribution in [3.8, 4) is 0 Å². The average molecular weight is 205 g/mol. The summed E-state index contributed by atoms with van der Waals surface area (Å²) in [5.41, 5.74) is 1.48. The quantitative estimate of drug-likeness (QED) is 0.823. The number of carbonyl (C=O) groups is 1. The van der Waals surface area contributed by atoms with E-state index in [4.69, 9.17) is 5.11 Å². The highest BCUT2D eigenvalue weighted by atomic mass is 16.4. The molecule has 0 bridgehead atoms. The molecule has 0 aliphatic heterocycles. The van der Waals surface area contributed by atoms with Crippen LogP contribution in [0.25, 0.3) is 11.0 Å². The van der Waals surface area contributed by atoms with Crippen molar-refractivity contribution in [1.29, 1.82) is 0 Å². The molecule has 0 saturated carbocycles. The zero-order valence-corrected chi connectivity index (χ0v) is 8.29. The number of aliphatic carboxylic acids is 1. The predicted octanol–water partition coefficient (Wildman–Crippen LogP) is 1.47. The normalized spacial score (nSPS) is 12.9. The lowest BCUT2D eigenvalue weighted by molar-refractivity contribution is -0.141. The molecule has 0 saturated heterocycles. The van der Waals surface area contributed by atoms with Gasteiger partial charge in [0.2, 0.25) is 0 Å². The minimum Gasteiger partial charge on any atom is -0.480 e. The minimum absolute atomic E-state index is 0.489. The maximum atomic E-state index is 11.0. The number of aromatic nitrogens is 3. The van der Waals surface area contributed by atoms with E-state index < -0.39 is 12.0 Å². The summed E-state index contributed by atoms with van der Waals surface area (Å²) in [4.78, 5) is 11.0. The molecule has 1 heterocycles. The number of fused-ring (bicyclic) bond motifs is 1. The van der Waals surface area contributed by atoms with Gasteiger partial charge in [0.1, 0.15) is 5.52 Å². The van der Waals surface area contributed by atoms with Crippen molar-refractivity contribution in [2.45, 2.75) is 19.4 Å². The Morgan fingerprint density at radius 1 is 1.53 bits per heavy atom. The molecular formula is C10H11N3O2. The molecule has 0 spiro atoms. The average Bonchev–Trinajstić information content (AvgIpc) is 2.63. The third kappa shape index (κ3) is 1.56. The minimum atomic E-state index is -0.881. The molecule has 0 amide bonds. The number of carboxylic acids is 1. The fraction of sp³-hybridized carbons (Fsp3) is 0.300. The summed E-state index contributed by atoms with van der Waals surface area (Å²) in [5, 5.41) is 16.8. The molecule has 5 nitrogen and oxygen atoms in total. The molecule has 1 aromatic carbocycles. The highest BCUT2D eigenvalue weighted by molar-refractivity contribution is 5.78. The van der Waals surface area contributed by atoms with Crippen molar-refractivity contribution in [2.75, 3.05) is 0 Å². The van der Waals surface area contributed by atoms with Crippen LogP contribution in [0.1, 0.15) is 19.4 Å². The second kappa shape index (κ2) is 3.68. The molecule has 1 aromatic heterocycles. The van der Waals surface area contributed by atoms with E-state index in [2.05, 4.69) is 10.3 Å². The lowest BCUT2D eigenvalue weighted by atomic mass is 10.2.